The molecule has 0 bridgehead atoms. The molecule has 1 aromatic carbocycles. The lowest BCUT2D eigenvalue weighted by Crippen LogP contribution is -2.47. The molecule has 2 heterocycles. The van der Waals surface area contributed by atoms with Crippen molar-refractivity contribution < 1.29 is 0 Å². The number of piperazine rings is 1. The molecule has 1 saturated heterocycles. The Labute approximate surface area is 117 Å². The lowest BCUT2D eigenvalue weighted by atomic mass is 10.2. The van der Waals surface area contributed by atoms with E-state index in [0.29, 0.717) is 0 Å². The third-order valence-corrected chi connectivity index (χ3v) is 3.65. The molecule has 0 radical (unpaired) electrons. The number of fused-ring (bicyclic) bond motifs is 1. The molecule has 2 aromatic rings. The summed E-state index contributed by atoms with van der Waals surface area (Å²) in [5.41, 5.74) is 2.00. The zero-order valence-corrected chi connectivity index (χ0v) is 11.4. The van der Waals surface area contributed by atoms with Crippen molar-refractivity contribution >= 4 is 33.9 Å². The van der Waals surface area contributed by atoms with Gasteiger partial charge in [-0.25, -0.2) is 0 Å². The van der Waals surface area contributed by atoms with Crippen molar-refractivity contribution in [1.82, 2.24) is 15.2 Å². The van der Waals surface area contributed by atoms with Crippen LogP contribution in [-0.4, -0.2) is 41.2 Å². The van der Waals surface area contributed by atoms with Crippen molar-refractivity contribution in [3.05, 3.63) is 36.5 Å². The van der Waals surface area contributed by atoms with E-state index in [0.717, 1.165) is 47.9 Å². The highest BCUT2D eigenvalue weighted by atomic mass is 32.1. The van der Waals surface area contributed by atoms with Crippen LogP contribution < -0.4 is 10.6 Å². The summed E-state index contributed by atoms with van der Waals surface area (Å²) in [6, 6.07) is 10.1. The maximum Gasteiger partial charge on any atom is 0.173 e. The van der Waals surface area contributed by atoms with Gasteiger partial charge < -0.3 is 15.5 Å². The highest BCUT2D eigenvalue weighted by Gasteiger charge is 2.13. The van der Waals surface area contributed by atoms with Crippen molar-refractivity contribution in [2.45, 2.75) is 0 Å². The van der Waals surface area contributed by atoms with Crippen LogP contribution in [0.4, 0.5) is 5.69 Å². The Kier molecular flexibility index (Phi) is 3.57. The summed E-state index contributed by atoms with van der Waals surface area (Å²) < 4.78 is 0. The van der Waals surface area contributed by atoms with Crippen LogP contribution in [0.5, 0.6) is 0 Å². The van der Waals surface area contributed by atoms with Gasteiger partial charge in [0, 0.05) is 43.4 Å². The second-order valence-electron chi connectivity index (χ2n) is 4.54. The first-order chi connectivity index (χ1) is 9.34. The number of pyridine rings is 1. The maximum atomic E-state index is 5.49. The van der Waals surface area contributed by atoms with Gasteiger partial charge in [-0.05, 0) is 36.5 Å². The van der Waals surface area contributed by atoms with Crippen molar-refractivity contribution in [3.8, 4) is 0 Å². The highest BCUT2D eigenvalue weighted by Crippen LogP contribution is 2.21. The lowest BCUT2D eigenvalue weighted by molar-refractivity contribution is 0.362. The zero-order valence-electron chi connectivity index (χ0n) is 10.6. The first kappa shape index (κ1) is 12.3. The summed E-state index contributed by atoms with van der Waals surface area (Å²) in [6.07, 6.45) is 1.81. The molecular weight excluding hydrogens is 256 g/mol. The summed E-state index contributed by atoms with van der Waals surface area (Å²) in [6.45, 7) is 3.88. The normalized spacial score (nSPS) is 15.5. The van der Waals surface area contributed by atoms with E-state index in [1.807, 2.05) is 24.3 Å². The van der Waals surface area contributed by atoms with E-state index in [1.165, 1.54) is 0 Å². The highest BCUT2D eigenvalue weighted by molar-refractivity contribution is 7.80. The number of anilines is 1. The Balaban J connectivity index is 1.82. The molecule has 0 atom stereocenters. The fourth-order valence-electron chi connectivity index (χ4n) is 2.27. The van der Waals surface area contributed by atoms with Crippen LogP contribution in [0.25, 0.3) is 10.9 Å². The minimum absolute atomic E-state index is 0.790. The SMILES string of the molecule is S=C(Nc1cccc2ncccc12)N1CCNCC1. The quantitative estimate of drug-likeness (QED) is 0.775. The molecule has 1 aliphatic rings. The van der Waals surface area contributed by atoms with Crippen LogP contribution in [0.1, 0.15) is 0 Å². The Morgan fingerprint density at radius 1 is 1.21 bits per heavy atom. The third-order valence-electron chi connectivity index (χ3n) is 3.29. The lowest BCUT2D eigenvalue weighted by Gasteiger charge is -2.30. The fraction of sp³-hybridized carbons (Fsp3) is 0.286. The van der Waals surface area contributed by atoms with Gasteiger partial charge >= 0.3 is 0 Å². The number of aromatic nitrogens is 1. The van der Waals surface area contributed by atoms with E-state index in [2.05, 4.69) is 26.6 Å². The van der Waals surface area contributed by atoms with Crippen LogP contribution in [0.3, 0.4) is 0 Å². The minimum Gasteiger partial charge on any atom is -0.346 e. The Bertz CT molecular complexity index is 588. The largest absolute Gasteiger partial charge is 0.346 e. The van der Waals surface area contributed by atoms with Crippen LogP contribution in [0, 0.1) is 0 Å². The first-order valence-corrected chi connectivity index (χ1v) is 6.86. The van der Waals surface area contributed by atoms with Crippen LogP contribution in [-0.2, 0) is 0 Å². The number of nitrogens with one attached hydrogen (secondary N) is 2. The molecule has 3 rings (SSSR count). The molecule has 2 N–H and O–H groups in total. The molecule has 0 saturated carbocycles. The van der Waals surface area contributed by atoms with Crippen molar-refractivity contribution in [1.29, 1.82) is 0 Å². The number of thiocarbonyl (C=S) groups is 1. The molecule has 5 heteroatoms. The van der Waals surface area contributed by atoms with E-state index >= 15 is 0 Å². The van der Waals surface area contributed by atoms with Gasteiger partial charge in [-0.3, -0.25) is 4.98 Å². The predicted octanol–water partition coefficient (Wildman–Crippen LogP) is 1.84. The standard InChI is InChI=1S/C14H16N4S/c19-14(18-9-7-15-8-10-18)17-13-5-1-4-12-11(13)3-2-6-16-12/h1-6,15H,7-10H2,(H,17,19). The Morgan fingerprint density at radius 2 is 2.05 bits per heavy atom. The molecule has 1 aromatic heterocycles. The number of benzene rings is 1. The maximum absolute atomic E-state index is 5.49. The van der Waals surface area contributed by atoms with Crippen molar-refractivity contribution in [2.24, 2.45) is 0 Å². The number of rotatable bonds is 1. The van der Waals surface area contributed by atoms with Crippen molar-refractivity contribution in [2.75, 3.05) is 31.5 Å². The van der Waals surface area contributed by atoms with Crippen LogP contribution in [0.15, 0.2) is 36.5 Å². The van der Waals surface area contributed by atoms with Gasteiger partial charge in [0.2, 0.25) is 0 Å². The van der Waals surface area contributed by atoms with Gasteiger partial charge in [0.25, 0.3) is 0 Å². The average Bonchev–Trinajstić information content (AvgIpc) is 2.48. The van der Waals surface area contributed by atoms with Gasteiger partial charge in [0.15, 0.2) is 5.11 Å². The smallest absolute Gasteiger partial charge is 0.173 e. The Hall–Kier alpha value is -1.72. The first-order valence-electron chi connectivity index (χ1n) is 6.45. The molecule has 4 nitrogen and oxygen atoms in total. The number of hydrogen-bond donors (Lipinski definition) is 2. The molecule has 0 spiro atoms. The van der Waals surface area contributed by atoms with E-state index in [4.69, 9.17) is 12.2 Å². The summed E-state index contributed by atoms with van der Waals surface area (Å²) in [5.74, 6) is 0. The molecule has 1 fully saturated rings. The number of hydrogen-bond acceptors (Lipinski definition) is 3. The van der Waals surface area contributed by atoms with E-state index in [-0.39, 0.29) is 0 Å². The average molecular weight is 272 g/mol. The molecule has 0 aliphatic carbocycles. The molecular formula is C14H16N4S. The molecule has 0 unspecified atom stereocenters. The van der Waals surface area contributed by atoms with E-state index < -0.39 is 0 Å². The summed E-state index contributed by atoms with van der Waals surface area (Å²) >= 11 is 5.49. The van der Waals surface area contributed by atoms with E-state index in [9.17, 15) is 0 Å². The zero-order chi connectivity index (χ0) is 13.1. The third kappa shape index (κ3) is 2.67. The molecule has 0 amide bonds. The van der Waals surface area contributed by atoms with Crippen LogP contribution >= 0.6 is 12.2 Å². The predicted molar refractivity (Wildman–Crippen MR) is 82.4 cm³/mol. The van der Waals surface area contributed by atoms with Crippen LogP contribution in [0.2, 0.25) is 0 Å². The minimum atomic E-state index is 0.790. The molecule has 19 heavy (non-hydrogen) atoms. The second kappa shape index (κ2) is 5.50. The monoisotopic (exact) mass is 272 g/mol. The van der Waals surface area contributed by atoms with Gasteiger partial charge in [-0.15, -0.1) is 0 Å². The van der Waals surface area contributed by atoms with Gasteiger partial charge in [-0.1, -0.05) is 6.07 Å². The van der Waals surface area contributed by atoms with Crippen molar-refractivity contribution in [3.63, 3.8) is 0 Å². The van der Waals surface area contributed by atoms with E-state index in [1.54, 1.807) is 6.20 Å². The summed E-state index contributed by atoms with van der Waals surface area (Å²) in [7, 11) is 0. The topological polar surface area (TPSA) is 40.2 Å². The fourth-order valence-corrected chi connectivity index (χ4v) is 2.57. The number of nitrogens with zero attached hydrogens (tertiary/aromatic N) is 2. The summed E-state index contributed by atoms with van der Waals surface area (Å²) in [5, 5.41) is 8.56. The van der Waals surface area contributed by atoms with Gasteiger partial charge in [-0.2, -0.15) is 0 Å². The molecule has 98 valence electrons. The summed E-state index contributed by atoms with van der Waals surface area (Å²) in [4.78, 5) is 6.55. The Morgan fingerprint density at radius 3 is 2.89 bits per heavy atom. The van der Waals surface area contributed by atoms with Gasteiger partial charge in [0.1, 0.15) is 0 Å². The van der Waals surface area contributed by atoms with Gasteiger partial charge in [0.05, 0.1) is 5.52 Å². The second-order valence-corrected chi connectivity index (χ2v) is 4.93. The molecule has 1 aliphatic heterocycles.